The van der Waals surface area contributed by atoms with E-state index in [2.05, 4.69) is 17.0 Å². The Hall–Kier alpha value is -0.170. The van der Waals surface area contributed by atoms with Crippen molar-refractivity contribution in [3.8, 4) is 0 Å². The van der Waals surface area contributed by atoms with Gasteiger partial charge in [0.25, 0.3) is 10.2 Å². The second-order valence-electron chi connectivity index (χ2n) is 3.84. The number of nitrogens with zero attached hydrogens (tertiary/aromatic N) is 1. The first kappa shape index (κ1) is 12.9. The molecule has 0 aromatic rings. The first-order valence-electron chi connectivity index (χ1n) is 5.52. The van der Waals surface area contributed by atoms with Gasteiger partial charge in [-0.05, 0) is 25.8 Å². The SMILES string of the molecule is CCCNC1CCN(S(=O)(=O)NC)CC1. The molecule has 1 aliphatic heterocycles. The lowest BCUT2D eigenvalue weighted by Gasteiger charge is -2.31. The zero-order chi connectivity index (χ0) is 11.3. The second kappa shape index (κ2) is 5.79. The van der Waals surface area contributed by atoms with Gasteiger partial charge in [-0.15, -0.1) is 0 Å². The third-order valence-electron chi connectivity index (χ3n) is 2.73. The van der Waals surface area contributed by atoms with Gasteiger partial charge in [-0.3, -0.25) is 0 Å². The molecule has 5 nitrogen and oxygen atoms in total. The van der Waals surface area contributed by atoms with E-state index in [-0.39, 0.29) is 0 Å². The van der Waals surface area contributed by atoms with E-state index in [1.54, 1.807) is 0 Å². The molecule has 90 valence electrons. The number of hydrogen-bond acceptors (Lipinski definition) is 3. The fraction of sp³-hybridized carbons (Fsp3) is 1.00. The largest absolute Gasteiger partial charge is 0.314 e. The smallest absolute Gasteiger partial charge is 0.279 e. The molecule has 1 aliphatic rings. The Balaban J connectivity index is 2.36. The number of nitrogens with one attached hydrogen (secondary N) is 2. The highest BCUT2D eigenvalue weighted by Gasteiger charge is 2.26. The summed E-state index contributed by atoms with van der Waals surface area (Å²) in [6.45, 7) is 4.38. The Morgan fingerprint density at radius 2 is 1.93 bits per heavy atom. The molecule has 1 saturated heterocycles. The maximum atomic E-state index is 11.5. The minimum Gasteiger partial charge on any atom is -0.314 e. The highest BCUT2D eigenvalue weighted by atomic mass is 32.2. The topological polar surface area (TPSA) is 61.4 Å². The average molecular weight is 235 g/mol. The van der Waals surface area contributed by atoms with Crippen molar-refractivity contribution in [3.05, 3.63) is 0 Å². The molecule has 0 aromatic carbocycles. The summed E-state index contributed by atoms with van der Waals surface area (Å²) in [6, 6.07) is 0.480. The van der Waals surface area contributed by atoms with Crippen LogP contribution < -0.4 is 10.0 Å². The van der Waals surface area contributed by atoms with E-state index in [0.717, 1.165) is 25.8 Å². The Labute approximate surface area is 92.4 Å². The van der Waals surface area contributed by atoms with E-state index in [1.807, 2.05) is 0 Å². The molecule has 6 heteroatoms. The summed E-state index contributed by atoms with van der Waals surface area (Å²) in [6.07, 6.45) is 2.93. The molecular formula is C9H21N3O2S. The number of hydrogen-bond donors (Lipinski definition) is 2. The Bertz CT molecular complexity index is 271. The van der Waals surface area contributed by atoms with Crippen molar-refractivity contribution in [2.75, 3.05) is 26.7 Å². The lowest BCUT2D eigenvalue weighted by molar-refractivity contribution is 0.288. The fourth-order valence-electron chi connectivity index (χ4n) is 1.78. The van der Waals surface area contributed by atoms with E-state index in [0.29, 0.717) is 19.1 Å². The van der Waals surface area contributed by atoms with Crippen LogP contribution in [0.25, 0.3) is 0 Å². The van der Waals surface area contributed by atoms with E-state index in [4.69, 9.17) is 0 Å². The zero-order valence-electron chi connectivity index (χ0n) is 9.49. The van der Waals surface area contributed by atoms with Gasteiger partial charge in [0.15, 0.2) is 0 Å². The monoisotopic (exact) mass is 235 g/mol. The molecule has 15 heavy (non-hydrogen) atoms. The normalized spacial score (nSPS) is 20.7. The summed E-state index contributed by atoms with van der Waals surface area (Å²) in [5, 5.41) is 3.42. The second-order valence-corrected chi connectivity index (χ2v) is 5.71. The van der Waals surface area contributed by atoms with Gasteiger partial charge in [0.2, 0.25) is 0 Å². The molecule has 1 fully saturated rings. The minimum atomic E-state index is -3.21. The summed E-state index contributed by atoms with van der Waals surface area (Å²) in [5.74, 6) is 0. The Kier molecular flexibility index (Phi) is 4.98. The van der Waals surface area contributed by atoms with Crippen molar-refractivity contribution in [2.45, 2.75) is 32.2 Å². The van der Waals surface area contributed by atoms with Gasteiger partial charge in [0, 0.05) is 26.2 Å². The van der Waals surface area contributed by atoms with Crippen molar-refractivity contribution in [2.24, 2.45) is 0 Å². The fourth-order valence-corrected chi connectivity index (χ4v) is 2.73. The minimum absolute atomic E-state index is 0.480. The molecule has 0 spiro atoms. The zero-order valence-corrected chi connectivity index (χ0v) is 10.3. The number of rotatable bonds is 5. The van der Waals surface area contributed by atoms with Crippen LogP contribution >= 0.6 is 0 Å². The predicted molar refractivity (Wildman–Crippen MR) is 60.9 cm³/mol. The van der Waals surface area contributed by atoms with Gasteiger partial charge < -0.3 is 5.32 Å². The average Bonchev–Trinajstić information content (AvgIpc) is 2.27. The molecule has 1 rings (SSSR count). The van der Waals surface area contributed by atoms with Gasteiger partial charge in [0.05, 0.1) is 0 Å². The third-order valence-corrected chi connectivity index (χ3v) is 4.30. The van der Waals surface area contributed by atoms with Gasteiger partial charge in [0.1, 0.15) is 0 Å². The van der Waals surface area contributed by atoms with Crippen LogP contribution in [-0.2, 0) is 10.2 Å². The first-order chi connectivity index (χ1) is 7.10. The van der Waals surface area contributed by atoms with Crippen molar-refractivity contribution >= 4 is 10.2 Å². The lowest BCUT2D eigenvalue weighted by Crippen LogP contribution is -2.48. The molecule has 0 unspecified atom stereocenters. The van der Waals surface area contributed by atoms with Crippen LogP contribution in [0, 0.1) is 0 Å². The molecule has 1 heterocycles. The molecule has 0 amide bonds. The van der Waals surface area contributed by atoms with Crippen molar-refractivity contribution in [1.29, 1.82) is 0 Å². The van der Waals surface area contributed by atoms with Crippen LogP contribution in [0.5, 0.6) is 0 Å². The summed E-state index contributed by atoms with van der Waals surface area (Å²) >= 11 is 0. The van der Waals surface area contributed by atoms with Crippen LogP contribution in [0.1, 0.15) is 26.2 Å². The van der Waals surface area contributed by atoms with Crippen LogP contribution in [0.15, 0.2) is 0 Å². The maximum absolute atomic E-state index is 11.5. The standard InChI is InChI=1S/C9H21N3O2S/c1-3-6-11-9-4-7-12(8-5-9)15(13,14)10-2/h9-11H,3-8H2,1-2H3. The van der Waals surface area contributed by atoms with Crippen molar-refractivity contribution in [1.82, 2.24) is 14.3 Å². The van der Waals surface area contributed by atoms with Gasteiger partial charge >= 0.3 is 0 Å². The van der Waals surface area contributed by atoms with Crippen LogP contribution in [0.4, 0.5) is 0 Å². The summed E-state index contributed by atoms with van der Waals surface area (Å²) in [5.41, 5.74) is 0. The Morgan fingerprint density at radius 1 is 1.33 bits per heavy atom. The predicted octanol–water partition coefficient (Wildman–Crippen LogP) is -0.0854. The summed E-state index contributed by atoms with van der Waals surface area (Å²) < 4.78 is 26.8. The van der Waals surface area contributed by atoms with E-state index >= 15 is 0 Å². The molecule has 0 atom stereocenters. The summed E-state index contributed by atoms with van der Waals surface area (Å²) in [4.78, 5) is 0. The van der Waals surface area contributed by atoms with Gasteiger partial charge in [-0.2, -0.15) is 12.7 Å². The highest BCUT2D eigenvalue weighted by Crippen LogP contribution is 2.12. The number of piperidine rings is 1. The quantitative estimate of drug-likeness (QED) is 0.700. The molecule has 0 aliphatic carbocycles. The molecule has 0 bridgehead atoms. The molecule has 0 aromatic heterocycles. The molecule has 0 radical (unpaired) electrons. The summed E-state index contributed by atoms with van der Waals surface area (Å²) in [7, 11) is -1.75. The van der Waals surface area contributed by atoms with Gasteiger partial charge in [-0.1, -0.05) is 6.92 Å². The van der Waals surface area contributed by atoms with Gasteiger partial charge in [-0.25, -0.2) is 4.72 Å². The first-order valence-corrected chi connectivity index (χ1v) is 6.96. The third kappa shape index (κ3) is 3.71. The Morgan fingerprint density at radius 3 is 2.40 bits per heavy atom. The van der Waals surface area contributed by atoms with E-state index in [1.165, 1.54) is 11.4 Å². The highest BCUT2D eigenvalue weighted by molar-refractivity contribution is 7.87. The van der Waals surface area contributed by atoms with Crippen molar-refractivity contribution in [3.63, 3.8) is 0 Å². The molecule has 0 saturated carbocycles. The van der Waals surface area contributed by atoms with Crippen LogP contribution in [-0.4, -0.2) is 45.4 Å². The lowest BCUT2D eigenvalue weighted by atomic mass is 10.1. The molecular weight excluding hydrogens is 214 g/mol. The van der Waals surface area contributed by atoms with Crippen LogP contribution in [0.3, 0.4) is 0 Å². The van der Waals surface area contributed by atoms with E-state index in [9.17, 15) is 8.42 Å². The van der Waals surface area contributed by atoms with Crippen molar-refractivity contribution < 1.29 is 8.42 Å². The van der Waals surface area contributed by atoms with E-state index < -0.39 is 10.2 Å². The maximum Gasteiger partial charge on any atom is 0.279 e. The molecule has 2 N–H and O–H groups in total. The van der Waals surface area contributed by atoms with Crippen LogP contribution in [0.2, 0.25) is 0 Å².